The third-order valence-electron chi connectivity index (χ3n) is 7.49. The van der Waals surface area contributed by atoms with Gasteiger partial charge in [-0.15, -0.1) is 0 Å². The molecule has 2 aromatic heterocycles. The standard InChI is InChI=1S/C28H40N8O2/c1-27(2,3)35-17-31-13-21-9-7-11-23(29-21)15-33-19-36(28(4,5)6)20-34(26(33)38)16-24-12-8-10-22(30-24)14-32(18-35)25(31)37/h7-12H,13-20H2,1-6H3. The monoisotopic (exact) mass is 520 g/mol. The summed E-state index contributed by atoms with van der Waals surface area (Å²) in [5, 5.41) is 0. The van der Waals surface area contributed by atoms with Gasteiger partial charge in [-0.2, -0.15) is 0 Å². The molecule has 0 unspecified atom stereocenters. The summed E-state index contributed by atoms with van der Waals surface area (Å²) in [5.41, 5.74) is 3.03. The summed E-state index contributed by atoms with van der Waals surface area (Å²) < 4.78 is 0. The summed E-state index contributed by atoms with van der Waals surface area (Å²) in [5.74, 6) is 0. The van der Waals surface area contributed by atoms with Gasteiger partial charge in [0.15, 0.2) is 0 Å². The number of aromatic nitrogens is 2. The fourth-order valence-corrected chi connectivity index (χ4v) is 5.07. The van der Waals surface area contributed by atoms with Crippen LogP contribution in [-0.2, 0) is 26.2 Å². The van der Waals surface area contributed by atoms with E-state index in [4.69, 9.17) is 9.97 Å². The van der Waals surface area contributed by atoms with Crippen LogP contribution in [0.3, 0.4) is 0 Å². The average molecular weight is 521 g/mol. The van der Waals surface area contributed by atoms with E-state index in [9.17, 15) is 9.59 Å². The molecular formula is C28H40N8O2. The van der Waals surface area contributed by atoms with Crippen LogP contribution in [0.5, 0.6) is 0 Å². The second-order valence-electron chi connectivity index (χ2n) is 12.6. The van der Waals surface area contributed by atoms with Crippen LogP contribution in [0.25, 0.3) is 0 Å². The highest BCUT2D eigenvalue weighted by Gasteiger charge is 2.37. The molecule has 204 valence electrons. The highest BCUT2D eigenvalue weighted by molar-refractivity contribution is 5.75. The lowest BCUT2D eigenvalue weighted by atomic mass is 10.1. The summed E-state index contributed by atoms with van der Waals surface area (Å²) in [6.07, 6.45) is 0. The first-order chi connectivity index (χ1) is 17.9. The third kappa shape index (κ3) is 5.61. The van der Waals surface area contributed by atoms with E-state index >= 15 is 0 Å². The van der Waals surface area contributed by atoms with Crippen LogP contribution in [-0.4, -0.2) is 89.2 Å². The minimum absolute atomic E-state index is 0.0163. The van der Waals surface area contributed by atoms with E-state index in [0.29, 0.717) is 52.9 Å². The van der Waals surface area contributed by atoms with Crippen molar-refractivity contribution in [1.29, 1.82) is 0 Å². The van der Waals surface area contributed by atoms with Gasteiger partial charge in [-0.25, -0.2) is 9.59 Å². The van der Waals surface area contributed by atoms with Crippen molar-refractivity contribution < 1.29 is 9.59 Å². The van der Waals surface area contributed by atoms with Crippen molar-refractivity contribution in [3.63, 3.8) is 0 Å². The van der Waals surface area contributed by atoms with E-state index in [0.717, 1.165) is 22.8 Å². The van der Waals surface area contributed by atoms with Crippen molar-refractivity contribution in [2.45, 2.75) is 78.8 Å². The van der Waals surface area contributed by atoms with Crippen LogP contribution in [0.4, 0.5) is 9.59 Å². The first-order valence-corrected chi connectivity index (χ1v) is 13.3. The number of amides is 4. The predicted molar refractivity (Wildman–Crippen MR) is 144 cm³/mol. The molecule has 0 radical (unpaired) electrons. The smallest absolute Gasteiger partial charge is 0.306 e. The van der Waals surface area contributed by atoms with Gasteiger partial charge in [-0.3, -0.25) is 19.8 Å². The largest absolute Gasteiger partial charge is 0.322 e. The molecule has 10 heteroatoms. The SMILES string of the molecule is CC(C)(C)N1CN2Cc3cccc(n3)CN3CN(C(C)(C)C)CN(Cc4cccc(n4)CN(C1)C2=O)C3=O. The van der Waals surface area contributed by atoms with Gasteiger partial charge in [-0.05, 0) is 65.8 Å². The Morgan fingerprint density at radius 1 is 0.526 bits per heavy atom. The van der Waals surface area contributed by atoms with E-state index in [1.807, 2.05) is 56.0 Å². The van der Waals surface area contributed by atoms with E-state index in [2.05, 4.69) is 51.3 Å². The molecule has 0 N–H and O–H groups in total. The van der Waals surface area contributed by atoms with E-state index in [-0.39, 0.29) is 23.1 Å². The molecule has 3 aliphatic heterocycles. The van der Waals surface area contributed by atoms with Gasteiger partial charge >= 0.3 is 12.1 Å². The maximum atomic E-state index is 13.6. The summed E-state index contributed by atoms with van der Waals surface area (Å²) in [6, 6.07) is 11.7. The summed E-state index contributed by atoms with van der Waals surface area (Å²) >= 11 is 0. The first-order valence-electron chi connectivity index (χ1n) is 13.3. The molecule has 5 heterocycles. The Morgan fingerprint density at radius 3 is 1.03 bits per heavy atom. The number of urea groups is 2. The minimum atomic E-state index is -0.111. The molecule has 3 aliphatic rings. The van der Waals surface area contributed by atoms with Crippen molar-refractivity contribution in [3.8, 4) is 0 Å². The molecule has 5 rings (SSSR count). The zero-order valence-electron chi connectivity index (χ0n) is 23.5. The van der Waals surface area contributed by atoms with Crippen molar-refractivity contribution in [1.82, 2.24) is 39.4 Å². The van der Waals surface area contributed by atoms with Gasteiger partial charge < -0.3 is 19.6 Å². The van der Waals surface area contributed by atoms with E-state index in [1.54, 1.807) is 0 Å². The summed E-state index contributed by atoms with van der Waals surface area (Å²) in [6.45, 7) is 16.7. The Kier molecular flexibility index (Phi) is 6.81. The molecule has 0 saturated carbocycles. The zero-order chi connectivity index (χ0) is 27.2. The molecule has 38 heavy (non-hydrogen) atoms. The zero-order valence-corrected chi connectivity index (χ0v) is 23.5. The van der Waals surface area contributed by atoms with Gasteiger partial charge in [0, 0.05) is 11.1 Å². The van der Waals surface area contributed by atoms with Gasteiger partial charge in [-0.1, -0.05) is 12.1 Å². The van der Waals surface area contributed by atoms with Crippen LogP contribution in [0, 0.1) is 0 Å². The van der Waals surface area contributed by atoms with Crippen molar-refractivity contribution in [3.05, 3.63) is 59.2 Å². The summed E-state index contributed by atoms with van der Waals surface area (Å²) in [4.78, 5) is 49.0. The number of rotatable bonds is 0. The highest BCUT2D eigenvalue weighted by Crippen LogP contribution is 2.25. The Bertz CT molecular complexity index is 1040. The minimum Gasteiger partial charge on any atom is -0.306 e. The van der Waals surface area contributed by atoms with Crippen molar-refractivity contribution in [2.75, 3.05) is 26.7 Å². The third-order valence-corrected chi connectivity index (χ3v) is 7.49. The van der Waals surface area contributed by atoms with Gasteiger partial charge in [0.1, 0.15) is 0 Å². The van der Waals surface area contributed by atoms with Crippen LogP contribution in [0.15, 0.2) is 36.4 Å². The van der Waals surface area contributed by atoms with E-state index in [1.165, 1.54) is 0 Å². The van der Waals surface area contributed by atoms with Crippen LogP contribution in [0.1, 0.15) is 64.3 Å². The topological polar surface area (TPSA) is 79.4 Å². The number of carbonyl (C=O) groups is 2. The van der Waals surface area contributed by atoms with Gasteiger partial charge in [0.25, 0.3) is 0 Å². The van der Waals surface area contributed by atoms with Crippen LogP contribution >= 0.6 is 0 Å². The molecule has 4 amide bonds. The number of pyridine rings is 2. The Balaban J connectivity index is 1.54. The molecule has 2 saturated heterocycles. The number of nitrogens with zero attached hydrogens (tertiary/aromatic N) is 8. The Hall–Kier alpha value is -3.24. The average Bonchev–Trinajstić information content (AvgIpc) is 2.82. The molecule has 2 fully saturated rings. The Labute approximate surface area is 225 Å². The fraction of sp³-hybridized carbons (Fsp3) is 0.571. The number of carbonyl (C=O) groups excluding carboxylic acids is 2. The molecule has 0 aliphatic carbocycles. The molecule has 0 spiro atoms. The second kappa shape index (κ2) is 9.81. The molecule has 2 aromatic rings. The number of hydrogen-bond acceptors (Lipinski definition) is 6. The molecule has 0 aromatic carbocycles. The van der Waals surface area contributed by atoms with Crippen LogP contribution < -0.4 is 0 Å². The predicted octanol–water partition coefficient (Wildman–Crippen LogP) is 3.70. The molecular weight excluding hydrogens is 480 g/mol. The molecule has 0 atom stereocenters. The second-order valence-corrected chi connectivity index (χ2v) is 12.6. The molecule has 10 nitrogen and oxygen atoms in total. The lowest BCUT2D eigenvalue weighted by molar-refractivity contribution is -0.0225. The van der Waals surface area contributed by atoms with Gasteiger partial charge in [0.2, 0.25) is 0 Å². The number of fused-ring (bicyclic) bond motifs is 8. The maximum Gasteiger partial charge on any atom is 0.322 e. The first kappa shape index (κ1) is 26.4. The van der Waals surface area contributed by atoms with Crippen molar-refractivity contribution in [2.24, 2.45) is 0 Å². The van der Waals surface area contributed by atoms with Crippen molar-refractivity contribution >= 4 is 12.1 Å². The Morgan fingerprint density at radius 2 is 0.789 bits per heavy atom. The normalized spacial score (nSPS) is 20.3. The number of hydrogen-bond donors (Lipinski definition) is 0. The van der Waals surface area contributed by atoms with Gasteiger partial charge in [0.05, 0.1) is 75.6 Å². The quantitative estimate of drug-likeness (QED) is 0.527. The van der Waals surface area contributed by atoms with Crippen LogP contribution in [0.2, 0.25) is 0 Å². The summed E-state index contributed by atoms with van der Waals surface area (Å²) in [7, 11) is 0. The lowest BCUT2D eigenvalue weighted by Gasteiger charge is -2.48. The highest BCUT2D eigenvalue weighted by atomic mass is 16.2. The van der Waals surface area contributed by atoms with E-state index < -0.39 is 0 Å². The lowest BCUT2D eigenvalue weighted by Crippen LogP contribution is -2.62. The molecule has 8 bridgehead atoms. The maximum absolute atomic E-state index is 13.6. The fourth-order valence-electron chi connectivity index (χ4n) is 5.07.